The summed E-state index contributed by atoms with van der Waals surface area (Å²) in [4.78, 5) is 4.02. The number of rotatable bonds is 3. The lowest BCUT2D eigenvalue weighted by Crippen LogP contribution is -2.48. The number of aromatic amines is 1. The standard InChI is InChI=1S/C9H16N4O2/c1-9(2)14-4-7(5-15-9)10-3-8-11-6-12-13-8/h6-7,10H,3-5H2,1-2H3,(H,11,12,13). The highest BCUT2D eigenvalue weighted by atomic mass is 16.7. The van der Waals surface area contributed by atoms with E-state index in [1.807, 2.05) is 13.8 Å². The van der Waals surface area contributed by atoms with Crippen LogP contribution < -0.4 is 5.32 Å². The minimum atomic E-state index is -0.454. The summed E-state index contributed by atoms with van der Waals surface area (Å²) in [6.07, 6.45) is 1.49. The quantitative estimate of drug-likeness (QED) is 0.740. The van der Waals surface area contributed by atoms with Gasteiger partial charge in [0.25, 0.3) is 0 Å². The molecule has 0 spiro atoms. The van der Waals surface area contributed by atoms with Gasteiger partial charge in [-0.3, -0.25) is 5.10 Å². The summed E-state index contributed by atoms with van der Waals surface area (Å²) >= 11 is 0. The summed E-state index contributed by atoms with van der Waals surface area (Å²) in [7, 11) is 0. The zero-order valence-corrected chi connectivity index (χ0v) is 8.99. The molecule has 1 aromatic heterocycles. The maximum absolute atomic E-state index is 5.52. The maximum atomic E-state index is 5.52. The molecule has 0 unspecified atom stereocenters. The summed E-state index contributed by atoms with van der Waals surface area (Å²) in [5, 5.41) is 9.84. The molecule has 0 aliphatic carbocycles. The molecule has 1 fully saturated rings. The van der Waals surface area contributed by atoms with E-state index in [1.165, 1.54) is 6.33 Å². The van der Waals surface area contributed by atoms with Crippen LogP contribution >= 0.6 is 0 Å². The summed E-state index contributed by atoms with van der Waals surface area (Å²) in [6.45, 7) is 5.79. The van der Waals surface area contributed by atoms with Crippen LogP contribution in [0.3, 0.4) is 0 Å². The number of aromatic nitrogens is 3. The Balaban J connectivity index is 1.73. The molecule has 1 aliphatic rings. The van der Waals surface area contributed by atoms with Gasteiger partial charge in [-0.1, -0.05) is 0 Å². The number of hydrogen-bond acceptors (Lipinski definition) is 5. The van der Waals surface area contributed by atoms with Crippen LogP contribution in [0.2, 0.25) is 0 Å². The Morgan fingerprint density at radius 1 is 1.53 bits per heavy atom. The number of H-pyrrole nitrogens is 1. The third kappa shape index (κ3) is 2.98. The zero-order chi connectivity index (χ0) is 10.7. The molecule has 0 radical (unpaired) electrons. The highest BCUT2D eigenvalue weighted by Crippen LogP contribution is 2.16. The summed E-state index contributed by atoms with van der Waals surface area (Å²) in [5.41, 5.74) is 0. The Bertz CT molecular complexity index is 289. The Kier molecular flexibility index (Phi) is 2.99. The molecule has 0 aromatic carbocycles. The molecule has 15 heavy (non-hydrogen) atoms. The largest absolute Gasteiger partial charge is 0.349 e. The molecular formula is C9H16N4O2. The fraction of sp³-hybridized carbons (Fsp3) is 0.778. The molecule has 0 atom stereocenters. The topological polar surface area (TPSA) is 72.1 Å². The lowest BCUT2D eigenvalue weighted by atomic mass is 10.2. The van der Waals surface area contributed by atoms with Gasteiger partial charge in [0.1, 0.15) is 12.2 Å². The SMILES string of the molecule is CC1(C)OCC(NCc2ncn[nH]2)CO1. The summed E-state index contributed by atoms with van der Waals surface area (Å²) in [5.74, 6) is 0.365. The van der Waals surface area contributed by atoms with Crippen LogP contribution in [0, 0.1) is 0 Å². The van der Waals surface area contributed by atoms with Gasteiger partial charge in [0.05, 0.1) is 25.8 Å². The molecular weight excluding hydrogens is 196 g/mol. The van der Waals surface area contributed by atoms with E-state index in [2.05, 4.69) is 20.5 Å². The van der Waals surface area contributed by atoms with E-state index in [0.29, 0.717) is 19.8 Å². The van der Waals surface area contributed by atoms with Gasteiger partial charge in [-0.2, -0.15) is 5.10 Å². The minimum Gasteiger partial charge on any atom is -0.349 e. The summed E-state index contributed by atoms with van der Waals surface area (Å²) in [6, 6.07) is 0.211. The van der Waals surface area contributed by atoms with Crippen LogP contribution in [0.4, 0.5) is 0 Å². The molecule has 6 nitrogen and oxygen atoms in total. The molecule has 0 bridgehead atoms. The average molecular weight is 212 g/mol. The van der Waals surface area contributed by atoms with Crippen molar-refractivity contribution in [2.24, 2.45) is 0 Å². The van der Waals surface area contributed by atoms with E-state index in [4.69, 9.17) is 9.47 Å². The lowest BCUT2D eigenvalue weighted by molar-refractivity contribution is -0.253. The van der Waals surface area contributed by atoms with Crippen LogP contribution in [-0.2, 0) is 16.0 Å². The smallest absolute Gasteiger partial charge is 0.162 e. The summed E-state index contributed by atoms with van der Waals surface area (Å²) < 4.78 is 11.0. The van der Waals surface area contributed by atoms with Gasteiger partial charge >= 0.3 is 0 Å². The molecule has 2 rings (SSSR count). The van der Waals surface area contributed by atoms with Gasteiger partial charge in [-0.15, -0.1) is 0 Å². The van der Waals surface area contributed by atoms with Gasteiger partial charge in [-0.25, -0.2) is 4.98 Å². The molecule has 0 amide bonds. The van der Waals surface area contributed by atoms with Crippen molar-refractivity contribution in [1.29, 1.82) is 0 Å². The second-order valence-electron chi connectivity index (χ2n) is 4.03. The van der Waals surface area contributed by atoms with Crippen molar-refractivity contribution >= 4 is 0 Å². The van der Waals surface area contributed by atoms with E-state index in [9.17, 15) is 0 Å². The Morgan fingerprint density at radius 3 is 2.87 bits per heavy atom. The predicted molar refractivity (Wildman–Crippen MR) is 53.0 cm³/mol. The number of nitrogens with zero attached hydrogens (tertiary/aromatic N) is 2. The van der Waals surface area contributed by atoms with Gasteiger partial charge in [-0.05, 0) is 13.8 Å². The molecule has 6 heteroatoms. The third-order valence-corrected chi connectivity index (χ3v) is 2.29. The third-order valence-electron chi connectivity index (χ3n) is 2.29. The first-order valence-corrected chi connectivity index (χ1v) is 5.01. The molecule has 1 aromatic rings. The van der Waals surface area contributed by atoms with Crippen molar-refractivity contribution in [2.75, 3.05) is 13.2 Å². The van der Waals surface area contributed by atoms with E-state index in [-0.39, 0.29) is 6.04 Å². The number of ether oxygens (including phenoxy) is 2. The van der Waals surface area contributed by atoms with E-state index < -0.39 is 5.79 Å². The Hall–Kier alpha value is -0.980. The molecule has 0 saturated carbocycles. The lowest BCUT2D eigenvalue weighted by Gasteiger charge is -2.35. The monoisotopic (exact) mass is 212 g/mol. The van der Waals surface area contributed by atoms with Crippen molar-refractivity contribution < 1.29 is 9.47 Å². The number of hydrogen-bond donors (Lipinski definition) is 2. The molecule has 1 aliphatic heterocycles. The predicted octanol–water partition coefficient (Wildman–Crippen LogP) is 0.0458. The minimum absolute atomic E-state index is 0.211. The van der Waals surface area contributed by atoms with Crippen LogP contribution in [0.15, 0.2) is 6.33 Å². The van der Waals surface area contributed by atoms with Crippen LogP contribution in [-0.4, -0.2) is 40.2 Å². The van der Waals surface area contributed by atoms with Crippen molar-refractivity contribution in [1.82, 2.24) is 20.5 Å². The highest BCUT2D eigenvalue weighted by Gasteiger charge is 2.27. The molecule has 2 N–H and O–H groups in total. The second kappa shape index (κ2) is 4.26. The first-order valence-electron chi connectivity index (χ1n) is 5.01. The van der Waals surface area contributed by atoms with Gasteiger partial charge < -0.3 is 14.8 Å². The molecule has 84 valence electrons. The highest BCUT2D eigenvalue weighted by molar-refractivity contribution is 4.81. The van der Waals surface area contributed by atoms with E-state index in [1.54, 1.807) is 0 Å². The van der Waals surface area contributed by atoms with Gasteiger partial charge in [0, 0.05) is 0 Å². The maximum Gasteiger partial charge on any atom is 0.162 e. The first-order chi connectivity index (χ1) is 7.16. The van der Waals surface area contributed by atoms with E-state index >= 15 is 0 Å². The molecule has 1 saturated heterocycles. The normalized spacial score (nSPS) is 21.7. The van der Waals surface area contributed by atoms with Crippen molar-refractivity contribution in [3.8, 4) is 0 Å². The van der Waals surface area contributed by atoms with Crippen molar-refractivity contribution in [3.05, 3.63) is 12.2 Å². The van der Waals surface area contributed by atoms with Gasteiger partial charge in [0.2, 0.25) is 0 Å². The fourth-order valence-corrected chi connectivity index (χ4v) is 1.37. The molecule has 2 heterocycles. The second-order valence-corrected chi connectivity index (χ2v) is 4.03. The van der Waals surface area contributed by atoms with Crippen LogP contribution in [0.25, 0.3) is 0 Å². The Labute approximate surface area is 88.4 Å². The zero-order valence-electron chi connectivity index (χ0n) is 8.99. The van der Waals surface area contributed by atoms with Gasteiger partial charge in [0.15, 0.2) is 5.79 Å². The average Bonchev–Trinajstić information content (AvgIpc) is 2.69. The van der Waals surface area contributed by atoms with Crippen molar-refractivity contribution in [3.63, 3.8) is 0 Å². The van der Waals surface area contributed by atoms with Crippen LogP contribution in [0.1, 0.15) is 19.7 Å². The first kappa shape index (κ1) is 10.5. The Morgan fingerprint density at radius 2 is 2.27 bits per heavy atom. The van der Waals surface area contributed by atoms with Crippen molar-refractivity contribution in [2.45, 2.75) is 32.2 Å². The number of nitrogens with one attached hydrogen (secondary N) is 2. The van der Waals surface area contributed by atoms with Crippen LogP contribution in [0.5, 0.6) is 0 Å². The van der Waals surface area contributed by atoms with E-state index in [0.717, 1.165) is 5.82 Å². The fourth-order valence-electron chi connectivity index (χ4n) is 1.37.